The van der Waals surface area contributed by atoms with Crippen LogP contribution in [-0.2, 0) is 4.74 Å². The minimum atomic E-state index is -0.427. The van der Waals surface area contributed by atoms with Crippen molar-refractivity contribution < 1.29 is 9.84 Å². The van der Waals surface area contributed by atoms with Crippen molar-refractivity contribution in [2.75, 3.05) is 24.6 Å². The average Bonchev–Trinajstić information content (AvgIpc) is 2.38. The van der Waals surface area contributed by atoms with E-state index >= 15 is 0 Å². The normalized spacial score (nSPS) is 22.0. The van der Waals surface area contributed by atoms with E-state index in [0.29, 0.717) is 6.10 Å². The number of rotatable bonds is 3. The molecule has 100 valence electrons. The molecule has 0 aromatic heterocycles. The second kappa shape index (κ2) is 6.04. The van der Waals surface area contributed by atoms with Gasteiger partial charge >= 0.3 is 0 Å². The standard InChI is InChI=1S/C14H20BrNO2/c1-3-12-9-16(6-7-18-12)14-5-4-11(10(2)17)8-13(14)15/h4-5,8,10,12,17H,3,6-7,9H2,1-2H3. The number of aliphatic hydroxyl groups is 1. The van der Waals surface area contributed by atoms with Crippen LogP contribution >= 0.6 is 15.9 Å². The van der Waals surface area contributed by atoms with Crippen molar-refractivity contribution in [1.29, 1.82) is 0 Å². The largest absolute Gasteiger partial charge is 0.389 e. The molecule has 1 saturated heterocycles. The van der Waals surface area contributed by atoms with Crippen LogP contribution in [0.5, 0.6) is 0 Å². The molecule has 1 aromatic rings. The Morgan fingerprint density at radius 3 is 2.94 bits per heavy atom. The summed E-state index contributed by atoms with van der Waals surface area (Å²) in [5.41, 5.74) is 2.12. The van der Waals surface area contributed by atoms with Gasteiger partial charge in [0.2, 0.25) is 0 Å². The molecule has 2 unspecified atom stereocenters. The smallest absolute Gasteiger partial charge is 0.0762 e. The van der Waals surface area contributed by atoms with E-state index in [1.807, 2.05) is 12.1 Å². The van der Waals surface area contributed by atoms with E-state index in [2.05, 4.69) is 33.8 Å². The number of hydrogen-bond donors (Lipinski definition) is 1. The van der Waals surface area contributed by atoms with E-state index in [0.717, 1.165) is 36.2 Å². The molecule has 0 radical (unpaired) electrons. The van der Waals surface area contributed by atoms with Gasteiger partial charge in [0.15, 0.2) is 0 Å². The van der Waals surface area contributed by atoms with Gasteiger partial charge in [-0.05, 0) is 47.0 Å². The fraction of sp³-hybridized carbons (Fsp3) is 0.571. The number of nitrogens with zero attached hydrogens (tertiary/aromatic N) is 1. The summed E-state index contributed by atoms with van der Waals surface area (Å²) < 4.78 is 6.72. The third-order valence-electron chi connectivity index (χ3n) is 3.39. The Kier molecular flexibility index (Phi) is 4.65. The van der Waals surface area contributed by atoms with Gasteiger partial charge in [-0.1, -0.05) is 13.0 Å². The zero-order valence-corrected chi connectivity index (χ0v) is 12.5. The van der Waals surface area contributed by atoms with E-state index in [4.69, 9.17) is 4.74 Å². The second-order valence-electron chi connectivity index (χ2n) is 4.73. The highest BCUT2D eigenvalue weighted by molar-refractivity contribution is 9.10. The van der Waals surface area contributed by atoms with Crippen LogP contribution in [0.25, 0.3) is 0 Å². The van der Waals surface area contributed by atoms with E-state index in [1.165, 1.54) is 5.69 Å². The Hall–Kier alpha value is -0.580. The SMILES string of the molecule is CCC1CN(c2ccc(C(C)O)cc2Br)CCO1. The highest BCUT2D eigenvalue weighted by Crippen LogP contribution is 2.30. The average molecular weight is 314 g/mol. The van der Waals surface area contributed by atoms with Gasteiger partial charge in [-0.2, -0.15) is 0 Å². The first kappa shape index (κ1) is 13.8. The molecule has 1 aliphatic heterocycles. The highest BCUT2D eigenvalue weighted by atomic mass is 79.9. The number of anilines is 1. The third-order valence-corrected chi connectivity index (χ3v) is 4.02. The predicted octanol–water partition coefficient (Wildman–Crippen LogP) is 3.12. The summed E-state index contributed by atoms with van der Waals surface area (Å²) in [5.74, 6) is 0. The second-order valence-corrected chi connectivity index (χ2v) is 5.59. The molecular weight excluding hydrogens is 294 g/mol. The van der Waals surface area contributed by atoms with E-state index < -0.39 is 6.10 Å². The van der Waals surface area contributed by atoms with Gasteiger partial charge in [-0.15, -0.1) is 0 Å². The molecule has 3 nitrogen and oxygen atoms in total. The Morgan fingerprint density at radius 2 is 2.33 bits per heavy atom. The summed E-state index contributed by atoms with van der Waals surface area (Å²) in [6.07, 6.45) is 0.936. The lowest BCUT2D eigenvalue weighted by atomic mass is 10.1. The molecule has 2 atom stereocenters. The first-order chi connectivity index (χ1) is 8.61. The molecule has 1 aromatic carbocycles. The number of halogens is 1. The summed E-state index contributed by atoms with van der Waals surface area (Å²) in [6, 6.07) is 6.06. The van der Waals surface area contributed by atoms with Crippen molar-refractivity contribution >= 4 is 21.6 Å². The number of aliphatic hydroxyl groups excluding tert-OH is 1. The minimum absolute atomic E-state index is 0.321. The molecule has 4 heteroatoms. The molecule has 0 amide bonds. The lowest BCUT2D eigenvalue weighted by molar-refractivity contribution is 0.0384. The monoisotopic (exact) mass is 313 g/mol. The first-order valence-electron chi connectivity index (χ1n) is 6.46. The van der Waals surface area contributed by atoms with Gasteiger partial charge < -0.3 is 14.7 Å². The van der Waals surface area contributed by atoms with Crippen molar-refractivity contribution in [2.24, 2.45) is 0 Å². The van der Waals surface area contributed by atoms with Crippen LogP contribution in [0.3, 0.4) is 0 Å². The van der Waals surface area contributed by atoms with Gasteiger partial charge in [0.25, 0.3) is 0 Å². The molecule has 0 aliphatic carbocycles. The van der Waals surface area contributed by atoms with E-state index in [9.17, 15) is 5.11 Å². The van der Waals surface area contributed by atoms with Crippen LogP contribution in [0.4, 0.5) is 5.69 Å². The molecule has 0 saturated carbocycles. The summed E-state index contributed by atoms with van der Waals surface area (Å²) in [6.45, 7) is 6.57. The summed E-state index contributed by atoms with van der Waals surface area (Å²) in [7, 11) is 0. The van der Waals surface area contributed by atoms with E-state index in [-0.39, 0.29) is 0 Å². The van der Waals surface area contributed by atoms with Crippen LogP contribution in [0.15, 0.2) is 22.7 Å². The maximum Gasteiger partial charge on any atom is 0.0762 e. The van der Waals surface area contributed by atoms with Crippen LogP contribution in [0.2, 0.25) is 0 Å². The van der Waals surface area contributed by atoms with Crippen molar-refractivity contribution in [3.8, 4) is 0 Å². The van der Waals surface area contributed by atoms with Crippen molar-refractivity contribution in [2.45, 2.75) is 32.5 Å². The predicted molar refractivity (Wildman–Crippen MR) is 77.0 cm³/mol. The zero-order chi connectivity index (χ0) is 13.1. The molecule has 0 bridgehead atoms. The minimum Gasteiger partial charge on any atom is -0.389 e. The topological polar surface area (TPSA) is 32.7 Å². The molecule has 2 rings (SSSR count). The number of hydrogen-bond acceptors (Lipinski definition) is 3. The van der Waals surface area contributed by atoms with Gasteiger partial charge in [-0.3, -0.25) is 0 Å². The van der Waals surface area contributed by atoms with Crippen LogP contribution in [0.1, 0.15) is 31.9 Å². The van der Waals surface area contributed by atoms with Crippen LogP contribution in [-0.4, -0.2) is 30.9 Å². The Bertz CT molecular complexity index is 409. The molecule has 1 N–H and O–H groups in total. The van der Waals surface area contributed by atoms with Crippen LogP contribution in [0, 0.1) is 0 Å². The summed E-state index contributed by atoms with van der Waals surface area (Å²) in [5, 5.41) is 9.58. The van der Waals surface area contributed by atoms with Crippen molar-refractivity contribution in [3.63, 3.8) is 0 Å². The van der Waals surface area contributed by atoms with E-state index in [1.54, 1.807) is 6.92 Å². The number of benzene rings is 1. The zero-order valence-electron chi connectivity index (χ0n) is 10.9. The summed E-state index contributed by atoms with van der Waals surface area (Å²) in [4.78, 5) is 2.34. The molecule has 1 aliphatic rings. The highest BCUT2D eigenvalue weighted by Gasteiger charge is 2.20. The fourth-order valence-corrected chi connectivity index (χ4v) is 2.87. The first-order valence-corrected chi connectivity index (χ1v) is 7.25. The van der Waals surface area contributed by atoms with Crippen molar-refractivity contribution in [1.82, 2.24) is 0 Å². The lowest BCUT2D eigenvalue weighted by Crippen LogP contribution is -2.42. The molecule has 1 heterocycles. The molecule has 18 heavy (non-hydrogen) atoms. The molecule has 0 spiro atoms. The van der Waals surface area contributed by atoms with Crippen LogP contribution < -0.4 is 4.90 Å². The lowest BCUT2D eigenvalue weighted by Gasteiger charge is -2.34. The maximum absolute atomic E-state index is 9.58. The Morgan fingerprint density at radius 1 is 1.56 bits per heavy atom. The number of ether oxygens (including phenoxy) is 1. The van der Waals surface area contributed by atoms with Gasteiger partial charge in [0.1, 0.15) is 0 Å². The Labute approximate surface area is 117 Å². The molecule has 1 fully saturated rings. The summed E-state index contributed by atoms with van der Waals surface area (Å²) >= 11 is 3.60. The van der Waals surface area contributed by atoms with Gasteiger partial charge in [0.05, 0.1) is 24.5 Å². The quantitative estimate of drug-likeness (QED) is 0.930. The number of morpholine rings is 1. The van der Waals surface area contributed by atoms with Gasteiger partial charge in [0, 0.05) is 17.6 Å². The van der Waals surface area contributed by atoms with Gasteiger partial charge in [-0.25, -0.2) is 0 Å². The maximum atomic E-state index is 9.58. The van der Waals surface area contributed by atoms with Crippen molar-refractivity contribution in [3.05, 3.63) is 28.2 Å². The third kappa shape index (κ3) is 3.05. The molecular formula is C14H20BrNO2. The Balaban J connectivity index is 2.17. The fourth-order valence-electron chi connectivity index (χ4n) is 2.22.